The van der Waals surface area contributed by atoms with Crippen molar-refractivity contribution in [2.45, 2.75) is 6.43 Å². The van der Waals surface area contributed by atoms with E-state index >= 15 is 0 Å². The van der Waals surface area contributed by atoms with Crippen LogP contribution in [0.25, 0.3) is 11.0 Å². The topological polar surface area (TPSA) is 63.1 Å². The Labute approximate surface area is 88.6 Å². The minimum Gasteiger partial charge on any atom is -0.478 e. The summed E-state index contributed by atoms with van der Waals surface area (Å²) in [6, 6.07) is 2.06. The second-order valence-electron chi connectivity index (χ2n) is 3.10. The number of halogens is 2. The second-order valence-corrected chi connectivity index (χ2v) is 3.10. The van der Waals surface area contributed by atoms with Crippen molar-refractivity contribution in [3.05, 3.63) is 35.7 Å². The molecular formula is C10H6F2N2O2. The lowest BCUT2D eigenvalue weighted by Crippen LogP contribution is -2.01. The summed E-state index contributed by atoms with van der Waals surface area (Å²) in [5, 5.41) is 8.88. The summed E-state index contributed by atoms with van der Waals surface area (Å²) in [4.78, 5) is 18.5. The van der Waals surface area contributed by atoms with Crippen molar-refractivity contribution in [2.75, 3.05) is 0 Å². The van der Waals surface area contributed by atoms with Crippen molar-refractivity contribution in [3.8, 4) is 0 Å². The number of fused-ring (bicyclic) bond motifs is 1. The predicted octanol–water partition coefficient (Wildman–Crippen LogP) is 2.27. The van der Waals surface area contributed by atoms with E-state index in [-0.39, 0.29) is 22.2 Å². The van der Waals surface area contributed by atoms with Crippen molar-refractivity contribution in [2.24, 2.45) is 0 Å². The third-order valence-corrected chi connectivity index (χ3v) is 2.08. The van der Waals surface area contributed by atoms with Gasteiger partial charge in [-0.05, 0) is 12.1 Å². The Hall–Kier alpha value is -2.11. The Morgan fingerprint density at radius 1 is 1.25 bits per heavy atom. The van der Waals surface area contributed by atoms with Crippen LogP contribution in [-0.2, 0) is 0 Å². The lowest BCUT2D eigenvalue weighted by Gasteiger charge is -2.04. The molecule has 1 aromatic carbocycles. The van der Waals surface area contributed by atoms with Crippen LogP contribution in [0.2, 0.25) is 0 Å². The van der Waals surface area contributed by atoms with Crippen LogP contribution in [-0.4, -0.2) is 21.0 Å². The third kappa shape index (κ3) is 1.69. The number of carboxylic acids is 1. The normalized spacial score (nSPS) is 10.9. The molecule has 0 fully saturated rings. The Kier molecular flexibility index (Phi) is 2.47. The minimum absolute atomic E-state index is 0.111. The maximum Gasteiger partial charge on any atom is 0.337 e. The van der Waals surface area contributed by atoms with Crippen molar-refractivity contribution >= 4 is 17.0 Å². The van der Waals surface area contributed by atoms with Gasteiger partial charge < -0.3 is 5.11 Å². The average molecular weight is 224 g/mol. The molecule has 1 heterocycles. The van der Waals surface area contributed by atoms with Crippen LogP contribution in [0.3, 0.4) is 0 Å². The average Bonchev–Trinajstić information content (AvgIpc) is 2.27. The largest absolute Gasteiger partial charge is 0.478 e. The van der Waals surface area contributed by atoms with Gasteiger partial charge in [-0.2, -0.15) is 0 Å². The van der Waals surface area contributed by atoms with Crippen LogP contribution in [0.1, 0.15) is 22.3 Å². The van der Waals surface area contributed by atoms with E-state index in [1.807, 2.05) is 0 Å². The molecule has 16 heavy (non-hydrogen) atoms. The molecule has 0 saturated carbocycles. The summed E-state index contributed by atoms with van der Waals surface area (Å²) >= 11 is 0. The van der Waals surface area contributed by atoms with Crippen LogP contribution in [0, 0.1) is 0 Å². The van der Waals surface area contributed by atoms with E-state index in [9.17, 15) is 13.6 Å². The summed E-state index contributed by atoms with van der Waals surface area (Å²) in [5.41, 5.74) is -0.372. The second kappa shape index (κ2) is 3.80. The molecule has 0 atom stereocenters. The van der Waals surface area contributed by atoms with Gasteiger partial charge in [0.05, 0.1) is 11.1 Å². The first kappa shape index (κ1) is 10.4. The SMILES string of the molecule is O=C(O)c1cc(C(F)F)cc2nccnc12. The molecule has 1 N–H and O–H groups in total. The van der Waals surface area contributed by atoms with Crippen LogP contribution >= 0.6 is 0 Å². The number of aromatic carboxylic acids is 1. The number of aromatic nitrogens is 2. The van der Waals surface area contributed by atoms with Crippen LogP contribution in [0.4, 0.5) is 8.78 Å². The molecule has 0 aliphatic heterocycles. The Balaban J connectivity index is 2.79. The quantitative estimate of drug-likeness (QED) is 0.849. The van der Waals surface area contributed by atoms with Gasteiger partial charge in [-0.3, -0.25) is 9.97 Å². The number of carboxylic acid groups (broad SMARTS) is 1. The number of hydrogen-bond acceptors (Lipinski definition) is 3. The van der Waals surface area contributed by atoms with Crippen LogP contribution in [0.15, 0.2) is 24.5 Å². The van der Waals surface area contributed by atoms with E-state index in [4.69, 9.17) is 5.11 Å². The molecule has 0 spiro atoms. The zero-order valence-corrected chi connectivity index (χ0v) is 7.89. The van der Waals surface area contributed by atoms with Gasteiger partial charge in [0.2, 0.25) is 0 Å². The van der Waals surface area contributed by atoms with Crippen molar-refractivity contribution in [1.29, 1.82) is 0 Å². The fourth-order valence-electron chi connectivity index (χ4n) is 1.39. The Morgan fingerprint density at radius 2 is 1.94 bits per heavy atom. The molecule has 0 aliphatic rings. The van der Waals surface area contributed by atoms with Crippen molar-refractivity contribution in [3.63, 3.8) is 0 Å². The molecule has 82 valence electrons. The van der Waals surface area contributed by atoms with Crippen LogP contribution < -0.4 is 0 Å². The number of nitrogens with zero attached hydrogens (tertiary/aromatic N) is 2. The standard InChI is InChI=1S/C10H6F2N2O2/c11-9(12)5-3-6(10(15)16)8-7(4-5)13-1-2-14-8/h1-4,9H,(H,15,16). The summed E-state index contributed by atoms with van der Waals surface area (Å²) in [7, 11) is 0. The molecule has 0 aliphatic carbocycles. The highest BCUT2D eigenvalue weighted by Gasteiger charge is 2.16. The molecule has 2 rings (SSSR count). The van der Waals surface area contributed by atoms with E-state index in [0.717, 1.165) is 12.1 Å². The zero-order valence-electron chi connectivity index (χ0n) is 7.89. The van der Waals surface area contributed by atoms with Gasteiger partial charge >= 0.3 is 5.97 Å². The summed E-state index contributed by atoms with van der Waals surface area (Å²) in [6.07, 6.45) is -0.0930. The molecule has 0 saturated heterocycles. The fourth-order valence-corrected chi connectivity index (χ4v) is 1.39. The number of rotatable bonds is 2. The smallest absolute Gasteiger partial charge is 0.337 e. The Morgan fingerprint density at radius 3 is 2.56 bits per heavy atom. The molecule has 0 bridgehead atoms. The monoisotopic (exact) mass is 224 g/mol. The lowest BCUT2D eigenvalue weighted by atomic mass is 10.1. The molecule has 4 nitrogen and oxygen atoms in total. The van der Waals surface area contributed by atoms with Crippen molar-refractivity contribution in [1.82, 2.24) is 9.97 Å². The van der Waals surface area contributed by atoms with E-state index in [1.54, 1.807) is 0 Å². The fraction of sp³-hybridized carbons (Fsp3) is 0.100. The van der Waals surface area contributed by atoms with Gasteiger partial charge in [-0.1, -0.05) is 0 Å². The molecule has 2 aromatic rings. The van der Waals surface area contributed by atoms with Gasteiger partial charge in [0.15, 0.2) is 0 Å². The van der Waals surface area contributed by atoms with Gasteiger partial charge in [-0.15, -0.1) is 0 Å². The molecule has 0 radical (unpaired) electrons. The first-order valence-corrected chi connectivity index (χ1v) is 4.35. The maximum absolute atomic E-state index is 12.5. The molecule has 0 unspecified atom stereocenters. The molecule has 6 heteroatoms. The summed E-state index contributed by atoms with van der Waals surface area (Å²) in [6.45, 7) is 0. The highest BCUT2D eigenvalue weighted by molar-refractivity contribution is 6.00. The Bertz CT molecular complexity index is 558. The van der Waals surface area contributed by atoms with E-state index in [2.05, 4.69) is 9.97 Å². The number of hydrogen-bond donors (Lipinski definition) is 1. The third-order valence-electron chi connectivity index (χ3n) is 2.08. The molecular weight excluding hydrogens is 218 g/mol. The number of carbonyl (C=O) groups is 1. The predicted molar refractivity (Wildman–Crippen MR) is 51.5 cm³/mol. The van der Waals surface area contributed by atoms with Crippen LogP contribution in [0.5, 0.6) is 0 Å². The molecule has 1 aromatic heterocycles. The van der Waals surface area contributed by atoms with Gasteiger partial charge in [-0.25, -0.2) is 13.6 Å². The minimum atomic E-state index is -2.73. The first-order chi connectivity index (χ1) is 7.59. The molecule has 0 amide bonds. The van der Waals surface area contributed by atoms with E-state index in [0.29, 0.717) is 0 Å². The summed E-state index contributed by atoms with van der Waals surface area (Å²) in [5.74, 6) is -1.30. The zero-order chi connectivity index (χ0) is 11.7. The number of alkyl halides is 2. The van der Waals surface area contributed by atoms with E-state index in [1.165, 1.54) is 12.4 Å². The lowest BCUT2D eigenvalue weighted by molar-refractivity contribution is 0.0698. The summed E-state index contributed by atoms with van der Waals surface area (Å²) < 4.78 is 25.0. The van der Waals surface area contributed by atoms with Gasteiger partial charge in [0, 0.05) is 18.0 Å². The first-order valence-electron chi connectivity index (χ1n) is 4.35. The van der Waals surface area contributed by atoms with Gasteiger partial charge in [0.1, 0.15) is 5.52 Å². The van der Waals surface area contributed by atoms with Crippen molar-refractivity contribution < 1.29 is 18.7 Å². The van der Waals surface area contributed by atoms with E-state index < -0.39 is 12.4 Å². The maximum atomic E-state index is 12.5. The van der Waals surface area contributed by atoms with Gasteiger partial charge in [0.25, 0.3) is 6.43 Å². The highest BCUT2D eigenvalue weighted by Crippen LogP contribution is 2.24. The highest BCUT2D eigenvalue weighted by atomic mass is 19.3. The number of benzene rings is 1.